The predicted molar refractivity (Wildman–Crippen MR) is 85.6 cm³/mol. The van der Waals surface area contributed by atoms with Crippen molar-refractivity contribution in [1.82, 2.24) is 20.4 Å². The lowest BCUT2D eigenvalue weighted by atomic mass is 10.2. The zero-order valence-electron chi connectivity index (χ0n) is 12.9. The van der Waals surface area contributed by atoms with Crippen LogP contribution in [-0.2, 0) is 12.7 Å². The van der Waals surface area contributed by atoms with Crippen LogP contribution in [0.15, 0.2) is 41.5 Å². The van der Waals surface area contributed by atoms with Crippen molar-refractivity contribution >= 4 is 5.96 Å². The molecule has 0 bridgehead atoms. The Kier molecular flexibility index (Phi) is 5.47. The number of hydrogen-bond acceptors (Lipinski definition) is 2. The van der Waals surface area contributed by atoms with E-state index in [1.165, 1.54) is 10.9 Å². The molecule has 0 aliphatic rings. The van der Waals surface area contributed by atoms with Crippen LogP contribution < -0.4 is 10.6 Å². The summed E-state index contributed by atoms with van der Waals surface area (Å²) in [7, 11) is 1.63. The van der Waals surface area contributed by atoms with Gasteiger partial charge in [0.2, 0.25) is 0 Å². The van der Waals surface area contributed by atoms with E-state index in [4.69, 9.17) is 6.42 Å². The summed E-state index contributed by atoms with van der Waals surface area (Å²) >= 11 is 0. The zero-order chi connectivity index (χ0) is 17.6. The van der Waals surface area contributed by atoms with Crippen LogP contribution in [0, 0.1) is 12.3 Å². The molecule has 0 aliphatic carbocycles. The molecule has 2 aromatic rings. The summed E-state index contributed by atoms with van der Waals surface area (Å²) in [6.07, 6.45) is 2.00. The highest BCUT2D eigenvalue weighted by molar-refractivity contribution is 5.79. The monoisotopic (exact) mass is 335 g/mol. The van der Waals surface area contributed by atoms with E-state index in [9.17, 15) is 13.2 Å². The van der Waals surface area contributed by atoms with Crippen LogP contribution >= 0.6 is 0 Å². The minimum Gasteiger partial charge on any atom is -0.352 e. The third-order valence-corrected chi connectivity index (χ3v) is 3.12. The van der Waals surface area contributed by atoms with Gasteiger partial charge in [0, 0.05) is 19.8 Å². The molecule has 0 saturated heterocycles. The zero-order valence-corrected chi connectivity index (χ0v) is 12.9. The Balaban J connectivity index is 2.01. The minimum atomic E-state index is -4.45. The van der Waals surface area contributed by atoms with E-state index in [-0.39, 0.29) is 0 Å². The van der Waals surface area contributed by atoms with Crippen LogP contribution in [0.3, 0.4) is 0 Å². The normalized spacial score (nSPS) is 11.9. The quantitative estimate of drug-likeness (QED) is 0.512. The van der Waals surface area contributed by atoms with Gasteiger partial charge in [-0.2, -0.15) is 18.3 Å². The third-order valence-electron chi connectivity index (χ3n) is 3.12. The van der Waals surface area contributed by atoms with Crippen molar-refractivity contribution in [1.29, 1.82) is 0 Å². The molecular weight excluding hydrogens is 319 g/mol. The van der Waals surface area contributed by atoms with Crippen molar-refractivity contribution in [2.45, 2.75) is 12.7 Å². The number of aliphatic imine (C=N–C) groups is 1. The molecule has 0 unspecified atom stereocenters. The molecule has 2 N–H and O–H groups in total. The molecule has 5 nitrogen and oxygen atoms in total. The summed E-state index contributed by atoms with van der Waals surface area (Å²) < 4.78 is 38.9. The Hall–Kier alpha value is -2.95. The second-order valence-corrected chi connectivity index (χ2v) is 4.79. The molecule has 24 heavy (non-hydrogen) atoms. The van der Waals surface area contributed by atoms with E-state index >= 15 is 0 Å². The van der Waals surface area contributed by atoms with Crippen LogP contribution in [0.1, 0.15) is 11.3 Å². The van der Waals surface area contributed by atoms with Gasteiger partial charge in [0.25, 0.3) is 0 Å². The second-order valence-electron chi connectivity index (χ2n) is 4.79. The highest BCUT2D eigenvalue weighted by Gasteiger charge is 2.33. The Morgan fingerprint density at radius 3 is 2.50 bits per heavy atom. The molecule has 0 atom stereocenters. The van der Waals surface area contributed by atoms with Gasteiger partial charge in [-0.3, -0.25) is 4.99 Å². The fourth-order valence-corrected chi connectivity index (χ4v) is 1.93. The first-order valence-corrected chi connectivity index (χ1v) is 7.04. The number of aromatic nitrogens is 2. The summed E-state index contributed by atoms with van der Waals surface area (Å²) in [6, 6.07) is 7.93. The van der Waals surface area contributed by atoms with Crippen LogP contribution in [0.25, 0.3) is 5.69 Å². The standard InChI is InChI=1S/C16H16F3N5/c1-3-9-21-15(20-2)22-11-12-4-6-13(7-5-12)24-10-8-14(23-24)16(17,18)19/h1,4-8,10H,9,11H2,2H3,(H2,20,21,22). The first kappa shape index (κ1) is 17.4. The summed E-state index contributed by atoms with van der Waals surface area (Å²) in [5, 5.41) is 9.53. The minimum absolute atomic E-state index is 0.361. The maximum Gasteiger partial charge on any atom is 0.435 e. The molecule has 0 aliphatic heterocycles. The molecule has 2 rings (SSSR count). The fraction of sp³-hybridized carbons (Fsp3) is 0.250. The van der Waals surface area contributed by atoms with E-state index in [1.807, 2.05) is 0 Å². The molecule has 0 fully saturated rings. The van der Waals surface area contributed by atoms with Gasteiger partial charge in [-0.1, -0.05) is 18.1 Å². The van der Waals surface area contributed by atoms with Crippen LogP contribution in [0.2, 0.25) is 0 Å². The van der Waals surface area contributed by atoms with Crippen molar-refractivity contribution in [2.75, 3.05) is 13.6 Å². The molecule has 0 radical (unpaired) electrons. The van der Waals surface area contributed by atoms with Gasteiger partial charge < -0.3 is 10.6 Å². The smallest absolute Gasteiger partial charge is 0.352 e. The number of terminal acetylenes is 1. The fourth-order valence-electron chi connectivity index (χ4n) is 1.93. The predicted octanol–water partition coefficient (Wildman–Crippen LogP) is 2.19. The third kappa shape index (κ3) is 4.52. The largest absolute Gasteiger partial charge is 0.435 e. The maximum absolute atomic E-state index is 12.6. The average molecular weight is 335 g/mol. The number of nitrogens with one attached hydrogen (secondary N) is 2. The van der Waals surface area contributed by atoms with Crippen molar-refractivity contribution in [3.05, 3.63) is 47.8 Å². The second kappa shape index (κ2) is 7.55. The molecule has 126 valence electrons. The summed E-state index contributed by atoms with van der Waals surface area (Å²) in [6.45, 7) is 0.858. The molecule has 0 saturated carbocycles. The Morgan fingerprint density at radius 1 is 1.25 bits per heavy atom. The van der Waals surface area contributed by atoms with E-state index in [2.05, 4.69) is 26.6 Å². The molecule has 8 heteroatoms. The number of hydrogen-bond donors (Lipinski definition) is 2. The maximum atomic E-state index is 12.6. The lowest BCUT2D eigenvalue weighted by Crippen LogP contribution is -2.36. The first-order chi connectivity index (χ1) is 11.4. The number of rotatable bonds is 4. The number of benzene rings is 1. The summed E-state index contributed by atoms with van der Waals surface area (Å²) in [5.74, 6) is 3.02. The Morgan fingerprint density at radius 2 is 1.96 bits per heavy atom. The number of halogens is 3. The van der Waals surface area contributed by atoms with Crippen LogP contribution in [0.5, 0.6) is 0 Å². The van der Waals surface area contributed by atoms with Crippen molar-refractivity contribution in [3.63, 3.8) is 0 Å². The number of alkyl halides is 3. The summed E-state index contributed by atoms with van der Waals surface area (Å²) in [4.78, 5) is 4.01. The van der Waals surface area contributed by atoms with E-state index in [0.717, 1.165) is 11.6 Å². The van der Waals surface area contributed by atoms with Gasteiger partial charge >= 0.3 is 6.18 Å². The highest BCUT2D eigenvalue weighted by Crippen LogP contribution is 2.27. The Labute approximate surface area is 137 Å². The molecule has 1 heterocycles. The van der Waals surface area contributed by atoms with Crippen molar-refractivity contribution in [3.8, 4) is 18.0 Å². The molecule has 1 aromatic heterocycles. The summed E-state index contributed by atoms with van der Waals surface area (Å²) in [5.41, 5.74) is 0.561. The average Bonchev–Trinajstić information content (AvgIpc) is 3.06. The highest BCUT2D eigenvalue weighted by atomic mass is 19.4. The van der Waals surface area contributed by atoms with E-state index in [0.29, 0.717) is 24.7 Å². The molecular formula is C16H16F3N5. The van der Waals surface area contributed by atoms with E-state index in [1.54, 1.807) is 31.3 Å². The van der Waals surface area contributed by atoms with Gasteiger partial charge in [-0.05, 0) is 23.8 Å². The lowest BCUT2D eigenvalue weighted by Gasteiger charge is -2.10. The molecule has 0 spiro atoms. The van der Waals surface area contributed by atoms with Crippen molar-refractivity contribution < 1.29 is 13.2 Å². The Bertz CT molecular complexity index is 738. The van der Waals surface area contributed by atoms with Gasteiger partial charge in [0.1, 0.15) is 0 Å². The van der Waals surface area contributed by atoms with Crippen LogP contribution in [0.4, 0.5) is 13.2 Å². The first-order valence-electron chi connectivity index (χ1n) is 7.04. The van der Waals surface area contributed by atoms with Gasteiger partial charge in [-0.15, -0.1) is 6.42 Å². The molecule has 0 amide bonds. The topological polar surface area (TPSA) is 54.2 Å². The number of guanidine groups is 1. The lowest BCUT2D eigenvalue weighted by molar-refractivity contribution is -0.141. The number of nitrogens with zero attached hydrogens (tertiary/aromatic N) is 3. The van der Waals surface area contributed by atoms with Crippen LogP contribution in [-0.4, -0.2) is 29.3 Å². The van der Waals surface area contributed by atoms with Crippen molar-refractivity contribution in [2.24, 2.45) is 4.99 Å². The van der Waals surface area contributed by atoms with Gasteiger partial charge in [-0.25, -0.2) is 4.68 Å². The van der Waals surface area contributed by atoms with E-state index < -0.39 is 11.9 Å². The van der Waals surface area contributed by atoms with Gasteiger partial charge in [0.05, 0.1) is 12.2 Å². The molecule has 1 aromatic carbocycles. The van der Waals surface area contributed by atoms with Gasteiger partial charge in [0.15, 0.2) is 11.7 Å². The SMILES string of the molecule is C#CCNC(=NC)NCc1ccc(-n2ccc(C(F)(F)F)n2)cc1.